The smallest absolute Gasteiger partial charge is 0.0728 e. The monoisotopic (exact) mass is 227 g/mol. The van der Waals surface area contributed by atoms with E-state index in [0.717, 1.165) is 25.8 Å². The summed E-state index contributed by atoms with van der Waals surface area (Å²) in [6, 6.07) is 0. The lowest BCUT2D eigenvalue weighted by molar-refractivity contribution is 0.417. The average Bonchev–Trinajstić information content (AvgIpc) is 2.66. The first kappa shape index (κ1) is 10.9. The summed E-state index contributed by atoms with van der Waals surface area (Å²) in [5.74, 6) is 0.572. The van der Waals surface area contributed by atoms with Crippen LogP contribution < -0.4 is 0 Å². The molecule has 1 aliphatic carbocycles. The van der Waals surface area contributed by atoms with Gasteiger partial charge in [0.2, 0.25) is 0 Å². The molecular formula is C11H18ClN3. The highest BCUT2D eigenvalue weighted by Gasteiger charge is 2.24. The molecule has 2 unspecified atom stereocenters. The van der Waals surface area contributed by atoms with Crippen molar-refractivity contribution < 1.29 is 0 Å². The minimum Gasteiger partial charge on any atom is -0.249 e. The Morgan fingerprint density at radius 1 is 1.53 bits per heavy atom. The summed E-state index contributed by atoms with van der Waals surface area (Å²) >= 11 is 6.21. The Balaban J connectivity index is 2.10. The summed E-state index contributed by atoms with van der Waals surface area (Å²) in [6.45, 7) is 3.13. The number of aromatic nitrogens is 3. The molecule has 0 saturated heterocycles. The first-order valence-corrected chi connectivity index (χ1v) is 6.27. The van der Waals surface area contributed by atoms with Gasteiger partial charge < -0.3 is 0 Å². The second-order valence-corrected chi connectivity index (χ2v) is 4.96. The van der Waals surface area contributed by atoms with E-state index in [-0.39, 0.29) is 0 Å². The summed E-state index contributed by atoms with van der Waals surface area (Å²) in [6.07, 6.45) is 7.73. The fraction of sp³-hybridized carbons (Fsp3) is 0.818. The first-order chi connectivity index (χ1) is 7.31. The van der Waals surface area contributed by atoms with Crippen LogP contribution in [0.15, 0.2) is 6.20 Å². The fourth-order valence-electron chi connectivity index (χ4n) is 2.37. The third kappa shape index (κ3) is 2.51. The molecule has 0 aromatic carbocycles. The highest BCUT2D eigenvalue weighted by atomic mass is 35.5. The van der Waals surface area contributed by atoms with Crippen molar-refractivity contribution in [2.24, 2.45) is 0 Å². The second-order valence-electron chi connectivity index (χ2n) is 4.34. The van der Waals surface area contributed by atoms with E-state index in [1.54, 1.807) is 0 Å². The zero-order valence-electron chi connectivity index (χ0n) is 9.19. The Morgan fingerprint density at radius 2 is 2.40 bits per heavy atom. The van der Waals surface area contributed by atoms with E-state index in [4.69, 9.17) is 11.6 Å². The normalized spacial score (nSPS) is 26.8. The summed E-state index contributed by atoms with van der Waals surface area (Å²) in [4.78, 5) is 0. The number of hydrogen-bond acceptors (Lipinski definition) is 2. The summed E-state index contributed by atoms with van der Waals surface area (Å²) in [5, 5.41) is 8.48. The second kappa shape index (κ2) is 4.97. The highest BCUT2D eigenvalue weighted by Crippen LogP contribution is 2.34. The van der Waals surface area contributed by atoms with Gasteiger partial charge in [0, 0.05) is 17.8 Å². The van der Waals surface area contributed by atoms with Crippen molar-refractivity contribution >= 4 is 11.6 Å². The Hall–Kier alpha value is -0.570. The lowest BCUT2D eigenvalue weighted by atomic mass is 9.87. The van der Waals surface area contributed by atoms with Crippen molar-refractivity contribution in [2.75, 3.05) is 0 Å². The Labute approximate surface area is 95.8 Å². The molecule has 1 fully saturated rings. The van der Waals surface area contributed by atoms with Crippen LogP contribution in [0.5, 0.6) is 0 Å². The molecular weight excluding hydrogens is 210 g/mol. The molecule has 84 valence electrons. The van der Waals surface area contributed by atoms with Gasteiger partial charge >= 0.3 is 0 Å². The van der Waals surface area contributed by atoms with Gasteiger partial charge in [0.25, 0.3) is 0 Å². The van der Waals surface area contributed by atoms with Gasteiger partial charge in [-0.1, -0.05) is 18.6 Å². The standard InChI is InChI=1S/C11H18ClN3/c1-2-6-15-11(8-13-14-15)9-4-3-5-10(12)7-9/h8-10H,2-7H2,1H3. The van der Waals surface area contributed by atoms with Crippen LogP contribution in [0.4, 0.5) is 0 Å². The number of rotatable bonds is 3. The molecule has 1 saturated carbocycles. The fourth-order valence-corrected chi connectivity index (χ4v) is 2.74. The zero-order valence-corrected chi connectivity index (χ0v) is 9.95. The lowest BCUT2D eigenvalue weighted by Gasteiger charge is -2.25. The predicted octanol–water partition coefficient (Wildman–Crippen LogP) is 2.95. The van der Waals surface area contributed by atoms with Crippen molar-refractivity contribution in [2.45, 2.75) is 56.9 Å². The van der Waals surface area contributed by atoms with Crippen LogP contribution in [-0.2, 0) is 6.54 Å². The molecule has 0 N–H and O–H groups in total. The molecule has 15 heavy (non-hydrogen) atoms. The third-order valence-electron chi connectivity index (χ3n) is 3.11. The predicted molar refractivity (Wildman–Crippen MR) is 61.2 cm³/mol. The van der Waals surface area contributed by atoms with E-state index >= 15 is 0 Å². The Morgan fingerprint density at radius 3 is 3.13 bits per heavy atom. The van der Waals surface area contributed by atoms with E-state index in [1.165, 1.54) is 18.5 Å². The van der Waals surface area contributed by atoms with Gasteiger partial charge in [-0.25, -0.2) is 4.68 Å². The molecule has 0 bridgehead atoms. The molecule has 2 rings (SSSR count). The van der Waals surface area contributed by atoms with Crippen molar-refractivity contribution in [1.82, 2.24) is 15.0 Å². The van der Waals surface area contributed by atoms with Crippen molar-refractivity contribution in [3.05, 3.63) is 11.9 Å². The van der Waals surface area contributed by atoms with Gasteiger partial charge in [0.15, 0.2) is 0 Å². The van der Waals surface area contributed by atoms with Crippen LogP contribution in [0.3, 0.4) is 0 Å². The quantitative estimate of drug-likeness (QED) is 0.744. The molecule has 1 aromatic heterocycles. The number of halogens is 1. The van der Waals surface area contributed by atoms with Crippen LogP contribution in [0.25, 0.3) is 0 Å². The maximum atomic E-state index is 6.21. The van der Waals surface area contributed by atoms with Crippen molar-refractivity contribution in [1.29, 1.82) is 0 Å². The lowest BCUT2D eigenvalue weighted by Crippen LogP contribution is -2.17. The molecule has 3 nitrogen and oxygen atoms in total. The molecule has 0 radical (unpaired) electrons. The molecule has 0 amide bonds. The Bertz CT molecular complexity index is 311. The van der Waals surface area contributed by atoms with Crippen LogP contribution in [0.2, 0.25) is 0 Å². The van der Waals surface area contributed by atoms with Crippen molar-refractivity contribution in [3.63, 3.8) is 0 Å². The summed E-state index contributed by atoms with van der Waals surface area (Å²) in [5.41, 5.74) is 1.28. The SMILES string of the molecule is CCCn1nncc1C1CCCC(Cl)C1. The van der Waals surface area contributed by atoms with Gasteiger partial charge in [-0.3, -0.25) is 0 Å². The average molecular weight is 228 g/mol. The summed E-state index contributed by atoms with van der Waals surface area (Å²) < 4.78 is 2.04. The Kier molecular flexibility index (Phi) is 3.62. The molecule has 2 atom stereocenters. The maximum Gasteiger partial charge on any atom is 0.0728 e. The maximum absolute atomic E-state index is 6.21. The van der Waals surface area contributed by atoms with E-state index in [0.29, 0.717) is 11.3 Å². The number of hydrogen-bond donors (Lipinski definition) is 0. The van der Waals surface area contributed by atoms with Gasteiger partial charge in [-0.05, 0) is 25.7 Å². The van der Waals surface area contributed by atoms with Crippen LogP contribution >= 0.6 is 11.6 Å². The molecule has 1 aromatic rings. The number of alkyl halides is 1. The molecule has 0 aliphatic heterocycles. The molecule has 1 heterocycles. The van der Waals surface area contributed by atoms with Crippen LogP contribution in [-0.4, -0.2) is 20.4 Å². The zero-order chi connectivity index (χ0) is 10.7. The van der Waals surface area contributed by atoms with Gasteiger partial charge in [-0.15, -0.1) is 16.7 Å². The number of nitrogens with zero attached hydrogens (tertiary/aromatic N) is 3. The minimum atomic E-state index is 0.341. The molecule has 4 heteroatoms. The topological polar surface area (TPSA) is 30.7 Å². The number of aryl methyl sites for hydroxylation is 1. The third-order valence-corrected chi connectivity index (χ3v) is 3.51. The van der Waals surface area contributed by atoms with E-state index in [9.17, 15) is 0 Å². The molecule has 0 spiro atoms. The van der Waals surface area contributed by atoms with E-state index < -0.39 is 0 Å². The van der Waals surface area contributed by atoms with Crippen LogP contribution in [0.1, 0.15) is 50.6 Å². The molecule has 1 aliphatic rings. The largest absolute Gasteiger partial charge is 0.249 e. The van der Waals surface area contributed by atoms with Crippen molar-refractivity contribution in [3.8, 4) is 0 Å². The van der Waals surface area contributed by atoms with Gasteiger partial charge in [0.1, 0.15) is 0 Å². The summed E-state index contributed by atoms with van der Waals surface area (Å²) in [7, 11) is 0. The van der Waals surface area contributed by atoms with Gasteiger partial charge in [0.05, 0.1) is 11.9 Å². The minimum absolute atomic E-state index is 0.341. The van der Waals surface area contributed by atoms with Gasteiger partial charge in [-0.2, -0.15) is 0 Å². The van der Waals surface area contributed by atoms with E-state index in [1.807, 2.05) is 10.9 Å². The first-order valence-electron chi connectivity index (χ1n) is 5.83. The highest BCUT2D eigenvalue weighted by molar-refractivity contribution is 6.20. The van der Waals surface area contributed by atoms with Crippen LogP contribution in [0, 0.1) is 0 Å². The van der Waals surface area contributed by atoms with E-state index in [2.05, 4.69) is 17.2 Å².